The zero-order chi connectivity index (χ0) is 40.7. The second kappa shape index (κ2) is 17.2. The van der Waals surface area contributed by atoms with Crippen LogP contribution in [-0.4, -0.2) is 15.3 Å². The third-order valence-corrected chi connectivity index (χ3v) is 14.3. The van der Waals surface area contributed by atoms with Crippen molar-refractivity contribution in [2.75, 3.05) is 0 Å². The van der Waals surface area contributed by atoms with Gasteiger partial charge >= 0.3 is 0 Å². The molecule has 0 aromatic heterocycles. The molecule has 57 heavy (non-hydrogen) atoms. The summed E-state index contributed by atoms with van der Waals surface area (Å²) >= 11 is 0. The van der Waals surface area contributed by atoms with Crippen LogP contribution in [0.15, 0.2) is 36.4 Å². The topological polar surface area (TPSA) is 60.7 Å². The maximum absolute atomic E-state index is 11.7. The molecule has 0 spiro atoms. The first-order valence-corrected chi connectivity index (χ1v) is 23.0. The summed E-state index contributed by atoms with van der Waals surface area (Å²) in [5.74, 6) is 3.14. The lowest BCUT2D eigenvalue weighted by molar-refractivity contribution is 0.412. The fraction of sp³-hybridized carbons (Fsp3) is 0.556. The van der Waals surface area contributed by atoms with Gasteiger partial charge in [-0.15, -0.1) is 0 Å². The van der Waals surface area contributed by atoms with E-state index in [0.29, 0.717) is 35.0 Å². The maximum Gasteiger partial charge on any atom is 0.121 e. The Morgan fingerprint density at radius 1 is 0.368 bits per heavy atom. The van der Waals surface area contributed by atoms with Gasteiger partial charge in [-0.05, 0) is 215 Å². The molecule has 7 rings (SSSR count). The molecule has 4 aromatic rings. The first kappa shape index (κ1) is 41.4. The molecule has 4 aromatic carbocycles. The molecule has 3 heteroatoms. The van der Waals surface area contributed by atoms with Crippen LogP contribution in [0.2, 0.25) is 0 Å². The average molecular weight is 769 g/mol. The van der Waals surface area contributed by atoms with Crippen molar-refractivity contribution in [2.45, 2.75) is 194 Å². The summed E-state index contributed by atoms with van der Waals surface area (Å²) in [6.45, 7) is 20.5. The molecule has 0 radical (unpaired) electrons. The van der Waals surface area contributed by atoms with E-state index in [2.05, 4.69) is 98.7 Å². The SMILES string of the molecule is Cc1cc(-c2c(C(C)C)c(-c3cc(C)c(O)c(C4CCCCC4)c3)c(C(C)C)c(-c3cc(C)c(O)c(C4CCCCC4)c3)c2C(C)C)cc(C2CCCCC2)c1O. The Morgan fingerprint density at radius 3 is 0.807 bits per heavy atom. The van der Waals surface area contributed by atoms with Crippen LogP contribution in [0.25, 0.3) is 33.4 Å². The van der Waals surface area contributed by atoms with Gasteiger partial charge in [-0.2, -0.15) is 0 Å². The van der Waals surface area contributed by atoms with Gasteiger partial charge in [0.15, 0.2) is 0 Å². The number of benzene rings is 4. The van der Waals surface area contributed by atoms with E-state index < -0.39 is 0 Å². The van der Waals surface area contributed by atoms with Crippen molar-refractivity contribution in [1.29, 1.82) is 0 Å². The van der Waals surface area contributed by atoms with Crippen LogP contribution in [-0.2, 0) is 0 Å². The van der Waals surface area contributed by atoms with Gasteiger partial charge in [0.05, 0.1) is 0 Å². The quantitative estimate of drug-likeness (QED) is 0.159. The Hall–Kier alpha value is -3.72. The molecule has 3 nitrogen and oxygen atoms in total. The van der Waals surface area contributed by atoms with Crippen LogP contribution in [0.3, 0.4) is 0 Å². The maximum atomic E-state index is 11.7. The monoisotopic (exact) mass is 769 g/mol. The highest BCUT2D eigenvalue weighted by atomic mass is 16.3. The molecular weight excluding hydrogens is 697 g/mol. The van der Waals surface area contributed by atoms with Gasteiger partial charge in [-0.25, -0.2) is 0 Å². The van der Waals surface area contributed by atoms with Crippen LogP contribution in [0.4, 0.5) is 0 Å². The molecule has 0 unspecified atom stereocenters. The van der Waals surface area contributed by atoms with Gasteiger partial charge in [0.25, 0.3) is 0 Å². The molecule has 0 bridgehead atoms. The summed E-state index contributed by atoms with van der Waals surface area (Å²) in [6.07, 6.45) is 17.9. The number of phenols is 3. The summed E-state index contributed by atoms with van der Waals surface area (Å²) in [7, 11) is 0. The van der Waals surface area contributed by atoms with Crippen LogP contribution in [0.5, 0.6) is 17.2 Å². The lowest BCUT2D eigenvalue weighted by Gasteiger charge is -2.34. The summed E-state index contributed by atoms with van der Waals surface area (Å²) in [6, 6.07) is 13.9. The largest absolute Gasteiger partial charge is 0.507 e. The second-order valence-electron chi connectivity index (χ2n) is 19.5. The molecule has 0 saturated heterocycles. The Morgan fingerprint density at radius 2 is 0.596 bits per heavy atom. The third kappa shape index (κ3) is 8.03. The first-order valence-electron chi connectivity index (χ1n) is 23.0. The molecule has 3 fully saturated rings. The molecule has 0 amide bonds. The summed E-state index contributed by atoms with van der Waals surface area (Å²) in [5.41, 5.74) is 17.9. The molecule has 3 N–H and O–H groups in total. The third-order valence-electron chi connectivity index (χ3n) is 14.3. The van der Waals surface area contributed by atoms with E-state index in [1.807, 2.05) is 0 Å². The molecule has 3 aliphatic carbocycles. The van der Waals surface area contributed by atoms with Crippen molar-refractivity contribution >= 4 is 0 Å². The molecule has 3 aliphatic rings. The van der Waals surface area contributed by atoms with Crippen molar-refractivity contribution in [3.63, 3.8) is 0 Å². The number of aryl methyl sites for hydroxylation is 3. The standard InChI is InChI=1S/C54H72O3/c1-31(2)46-49(40-25-34(7)52(55)43(28-40)37-19-13-10-14-20-37)47(32(3)4)51(42-27-36(9)54(57)45(30-42)39-23-17-12-18-24-39)48(33(5)6)50(46)41-26-35(8)53(56)44(29-41)38-21-15-11-16-22-38/h25-33,37-39,55-57H,10-24H2,1-9H3. The van der Waals surface area contributed by atoms with Crippen molar-refractivity contribution < 1.29 is 15.3 Å². The molecule has 0 atom stereocenters. The Kier molecular flexibility index (Phi) is 12.5. The van der Waals surface area contributed by atoms with Crippen molar-refractivity contribution in [2.24, 2.45) is 0 Å². The van der Waals surface area contributed by atoms with Crippen LogP contribution in [0.1, 0.15) is 223 Å². The number of rotatable bonds is 9. The summed E-state index contributed by atoms with van der Waals surface area (Å²) < 4.78 is 0. The van der Waals surface area contributed by atoms with Crippen LogP contribution < -0.4 is 0 Å². The van der Waals surface area contributed by atoms with Gasteiger partial charge < -0.3 is 15.3 Å². The Labute approximate surface area is 345 Å². The average Bonchev–Trinajstić information content (AvgIpc) is 3.20. The van der Waals surface area contributed by atoms with Gasteiger partial charge in [-0.1, -0.05) is 99.3 Å². The fourth-order valence-electron chi connectivity index (χ4n) is 11.5. The fourth-order valence-corrected chi connectivity index (χ4v) is 11.5. The van der Waals surface area contributed by atoms with Crippen LogP contribution >= 0.6 is 0 Å². The van der Waals surface area contributed by atoms with E-state index in [-0.39, 0.29) is 17.8 Å². The van der Waals surface area contributed by atoms with E-state index in [9.17, 15) is 15.3 Å². The minimum Gasteiger partial charge on any atom is -0.507 e. The minimum atomic E-state index is 0.206. The molecule has 0 heterocycles. The highest BCUT2D eigenvalue weighted by Crippen LogP contribution is 2.55. The zero-order valence-electron chi connectivity index (χ0n) is 36.9. The van der Waals surface area contributed by atoms with Crippen molar-refractivity contribution in [3.05, 3.63) is 86.5 Å². The lowest BCUT2D eigenvalue weighted by atomic mass is 9.70. The normalized spacial score (nSPS) is 17.7. The molecule has 306 valence electrons. The Bertz CT molecular complexity index is 1820. The predicted molar refractivity (Wildman–Crippen MR) is 242 cm³/mol. The van der Waals surface area contributed by atoms with Gasteiger partial charge in [0, 0.05) is 0 Å². The highest BCUT2D eigenvalue weighted by molar-refractivity contribution is 5.94. The van der Waals surface area contributed by atoms with Crippen LogP contribution in [0, 0.1) is 20.8 Å². The van der Waals surface area contributed by atoms with Gasteiger partial charge in [-0.3, -0.25) is 0 Å². The predicted octanol–water partition coefficient (Wildman–Crippen LogP) is 16.2. The number of aromatic hydroxyl groups is 3. The zero-order valence-corrected chi connectivity index (χ0v) is 36.9. The summed E-state index contributed by atoms with van der Waals surface area (Å²) in [5, 5.41) is 35.2. The number of phenolic OH excluding ortho intramolecular Hbond substituents is 3. The van der Waals surface area contributed by atoms with E-state index in [4.69, 9.17) is 0 Å². The molecule has 3 saturated carbocycles. The van der Waals surface area contributed by atoms with Crippen molar-refractivity contribution in [1.82, 2.24) is 0 Å². The van der Waals surface area contributed by atoms with Gasteiger partial charge in [0.1, 0.15) is 17.2 Å². The van der Waals surface area contributed by atoms with E-state index >= 15 is 0 Å². The highest BCUT2D eigenvalue weighted by Gasteiger charge is 2.33. The lowest BCUT2D eigenvalue weighted by Crippen LogP contribution is -2.13. The Balaban J connectivity index is 1.65. The van der Waals surface area contributed by atoms with Gasteiger partial charge in [0.2, 0.25) is 0 Å². The summed E-state index contributed by atoms with van der Waals surface area (Å²) in [4.78, 5) is 0. The molecular formula is C54H72O3. The minimum absolute atomic E-state index is 0.206. The number of hydrogen-bond acceptors (Lipinski definition) is 3. The van der Waals surface area contributed by atoms with E-state index in [0.717, 1.165) is 71.9 Å². The van der Waals surface area contributed by atoms with Crippen molar-refractivity contribution in [3.8, 4) is 50.6 Å². The van der Waals surface area contributed by atoms with E-state index in [1.54, 1.807) is 0 Å². The molecule has 0 aliphatic heterocycles. The smallest absolute Gasteiger partial charge is 0.121 e. The first-order chi connectivity index (χ1) is 27.3. The van der Waals surface area contributed by atoms with E-state index in [1.165, 1.54) is 108 Å². The number of hydrogen-bond donors (Lipinski definition) is 3. The second-order valence-corrected chi connectivity index (χ2v) is 19.5.